The highest BCUT2D eigenvalue weighted by Crippen LogP contribution is 2.20. The zero-order valence-electron chi connectivity index (χ0n) is 16.7. The summed E-state index contributed by atoms with van der Waals surface area (Å²) in [6.45, 7) is 3.08. The van der Waals surface area contributed by atoms with E-state index in [0.717, 1.165) is 23.4 Å². The first-order valence-corrected chi connectivity index (χ1v) is 11.1. The van der Waals surface area contributed by atoms with Gasteiger partial charge in [0.15, 0.2) is 11.6 Å². The first kappa shape index (κ1) is 22.2. The molecule has 1 saturated heterocycles. The summed E-state index contributed by atoms with van der Waals surface area (Å²) in [6, 6.07) is 10.2. The molecule has 162 valence electrons. The lowest BCUT2D eigenvalue weighted by Crippen LogP contribution is -2.50. The van der Waals surface area contributed by atoms with Crippen LogP contribution in [0.1, 0.15) is 18.4 Å². The SMILES string of the molecule is Cc1ccccc1OCCCC(=O)N1CCN(S(=O)(=O)c2ccc(F)c(F)c2)CC1. The molecule has 3 rings (SSSR count). The molecule has 1 amide bonds. The number of halogens is 2. The number of carbonyl (C=O) groups is 1. The monoisotopic (exact) mass is 438 g/mol. The number of aryl methyl sites for hydroxylation is 1. The summed E-state index contributed by atoms with van der Waals surface area (Å²) in [5, 5.41) is 0. The van der Waals surface area contributed by atoms with Crippen LogP contribution in [0.15, 0.2) is 47.4 Å². The summed E-state index contributed by atoms with van der Waals surface area (Å²) in [5.41, 5.74) is 1.03. The molecule has 0 spiro atoms. The van der Waals surface area contributed by atoms with Crippen LogP contribution in [0.3, 0.4) is 0 Å². The number of piperazine rings is 1. The van der Waals surface area contributed by atoms with Gasteiger partial charge in [-0.25, -0.2) is 17.2 Å². The second-order valence-electron chi connectivity index (χ2n) is 7.08. The molecular formula is C21H24F2N2O4S. The standard InChI is InChI=1S/C21H24F2N2O4S/c1-16-5-2-3-6-20(16)29-14-4-7-21(26)24-10-12-25(13-11-24)30(27,28)17-8-9-18(22)19(23)15-17/h2-3,5-6,8-9,15H,4,7,10-14H2,1H3. The van der Waals surface area contributed by atoms with Crippen molar-refractivity contribution in [1.82, 2.24) is 9.21 Å². The van der Waals surface area contributed by atoms with E-state index < -0.39 is 21.7 Å². The fourth-order valence-electron chi connectivity index (χ4n) is 3.25. The van der Waals surface area contributed by atoms with Crippen LogP contribution in [-0.2, 0) is 14.8 Å². The largest absolute Gasteiger partial charge is 0.493 e. The third-order valence-corrected chi connectivity index (χ3v) is 6.90. The van der Waals surface area contributed by atoms with Crippen molar-refractivity contribution in [1.29, 1.82) is 0 Å². The van der Waals surface area contributed by atoms with Crippen molar-refractivity contribution in [3.05, 3.63) is 59.7 Å². The Bertz CT molecular complexity index is 1010. The van der Waals surface area contributed by atoms with E-state index in [1.54, 1.807) is 4.90 Å². The van der Waals surface area contributed by atoms with Crippen LogP contribution in [0.2, 0.25) is 0 Å². The van der Waals surface area contributed by atoms with Crippen LogP contribution in [0.4, 0.5) is 8.78 Å². The highest BCUT2D eigenvalue weighted by atomic mass is 32.2. The second kappa shape index (κ2) is 9.53. The Morgan fingerprint density at radius 3 is 2.40 bits per heavy atom. The first-order valence-electron chi connectivity index (χ1n) is 9.70. The molecule has 0 unspecified atom stereocenters. The number of ether oxygens (including phenoxy) is 1. The van der Waals surface area contributed by atoms with Gasteiger partial charge < -0.3 is 9.64 Å². The molecule has 1 aliphatic heterocycles. The minimum Gasteiger partial charge on any atom is -0.493 e. The van der Waals surface area contributed by atoms with Crippen molar-refractivity contribution in [3.8, 4) is 5.75 Å². The van der Waals surface area contributed by atoms with Crippen molar-refractivity contribution in [2.24, 2.45) is 0 Å². The predicted molar refractivity (Wildman–Crippen MR) is 108 cm³/mol. The first-order chi connectivity index (χ1) is 14.3. The smallest absolute Gasteiger partial charge is 0.243 e. The summed E-state index contributed by atoms with van der Waals surface area (Å²) in [7, 11) is -3.94. The number of rotatable bonds is 7. The Morgan fingerprint density at radius 1 is 1.03 bits per heavy atom. The van der Waals surface area contributed by atoms with Gasteiger partial charge in [0.1, 0.15) is 5.75 Å². The van der Waals surface area contributed by atoms with Crippen LogP contribution in [0.5, 0.6) is 5.75 Å². The lowest BCUT2D eigenvalue weighted by atomic mass is 10.2. The van der Waals surface area contributed by atoms with Crippen LogP contribution < -0.4 is 4.74 Å². The van der Waals surface area contributed by atoms with Gasteiger partial charge in [-0.2, -0.15) is 4.31 Å². The van der Waals surface area contributed by atoms with Crippen LogP contribution in [0.25, 0.3) is 0 Å². The van der Waals surface area contributed by atoms with Gasteiger partial charge in [-0.15, -0.1) is 0 Å². The number of nitrogens with zero attached hydrogens (tertiary/aromatic N) is 2. The third kappa shape index (κ3) is 5.14. The maximum absolute atomic E-state index is 13.4. The average Bonchev–Trinajstić information content (AvgIpc) is 2.74. The fraction of sp³-hybridized carbons (Fsp3) is 0.381. The molecule has 6 nitrogen and oxygen atoms in total. The molecule has 0 aliphatic carbocycles. The third-order valence-electron chi connectivity index (χ3n) is 5.01. The number of sulfonamides is 1. The molecule has 0 N–H and O–H groups in total. The molecule has 2 aromatic carbocycles. The van der Waals surface area contributed by atoms with Crippen molar-refractivity contribution < 1.29 is 26.7 Å². The second-order valence-corrected chi connectivity index (χ2v) is 9.02. The maximum atomic E-state index is 13.4. The quantitative estimate of drug-likeness (QED) is 0.624. The Labute approximate surface area is 175 Å². The van der Waals surface area contributed by atoms with Crippen LogP contribution in [0, 0.1) is 18.6 Å². The van der Waals surface area contributed by atoms with Gasteiger partial charge >= 0.3 is 0 Å². The van der Waals surface area contributed by atoms with E-state index in [1.807, 2.05) is 31.2 Å². The van der Waals surface area contributed by atoms with Crippen LogP contribution >= 0.6 is 0 Å². The molecule has 1 aliphatic rings. The highest BCUT2D eigenvalue weighted by molar-refractivity contribution is 7.89. The fourth-order valence-corrected chi connectivity index (χ4v) is 4.68. The molecular weight excluding hydrogens is 414 g/mol. The van der Waals surface area contributed by atoms with Gasteiger partial charge in [0.2, 0.25) is 15.9 Å². The lowest BCUT2D eigenvalue weighted by molar-refractivity contribution is -0.132. The zero-order chi connectivity index (χ0) is 21.7. The van der Waals surface area contributed by atoms with Gasteiger partial charge in [-0.05, 0) is 43.2 Å². The summed E-state index contributed by atoms with van der Waals surface area (Å²) in [6.07, 6.45) is 0.863. The van der Waals surface area contributed by atoms with E-state index in [2.05, 4.69) is 0 Å². The summed E-state index contributed by atoms with van der Waals surface area (Å²) < 4.78 is 58.6. The molecule has 30 heavy (non-hydrogen) atoms. The van der Waals surface area contributed by atoms with Gasteiger partial charge in [0.25, 0.3) is 0 Å². The molecule has 0 radical (unpaired) electrons. The van der Waals surface area contributed by atoms with Crippen molar-refractivity contribution in [2.75, 3.05) is 32.8 Å². The summed E-state index contributed by atoms with van der Waals surface area (Å²) in [4.78, 5) is 13.7. The van der Waals surface area contributed by atoms with Gasteiger partial charge in [-0.3, -0.25) is 4.79 Å². The van der Waals surface area contributed by atoms with E-state index in [-0.39, 0.29) is 37.0 Å². The van der Waals surface area contributed by atoms with Gasteiger partial charge in [0.05, 0.1) is 11.5 Å². The van der Waals surface area contributed by atoms with Crippen molar-refractivity contribution in [2.45, 2.75) is 24.7 Å². The van der Waals surface area contributed by atoms with E-state index in [9.17, 15) is 22.0 Å². The number of benzene rings is 2. The Hall–Kier alpha value is -2.52. The topological polar surface area (TPSA) is 66.9 Å². The molecule has 9 heteroatoms. The minimum absolute atomic E-state index is 0.0618. The van der Waals surface area contributed by atoms with E-state index in [1.165, 1.54) is 4.31 Å². The molecule has 0 saturated carbocycles. The molecule has 0 aromatic heterocycles. The van der Waals surface area contributed by atoms with E-state index in [0.29, 0.717) is 25.5 Å². The van der Waals surface area contributed by atoms with Gasteiger partial charge in [0, 0.05) is 32.6 Å². The maximum Gasteiger partial charge on any atom is 0.243 e. The Balaban J connectivity index is 1.47. The normalized spacial score (nSPS) is 15.2. The van der Waals surface area contributed by atoms with E-state index >= 15 is 0 Å². The summed E-state index contributed by atoms with van der Waals surface area (Å²) >= 11 is 0. The lowest BCUT2D eigenvalue weighted by Gasteiger charge is -2.34. The zero-order valence-corrected chi connectivity index (χ0v) is 17.5. The van der Waals surface area contributed by atoms with Crippen molar-refractivity contribution >= 4 is 15.9 Å². The number of carbonyl (C=O) groups excluding carboxylic acids is 1. The van der Waals surface area contributed by atoms with Crippen LogP contribution in [-0.4, -0.2) is 56.3 Å². The summed E-state index contributed by atoms with van der Waals surface area (Å²) in [5.74, 6) is -1.58. The number of para-hydroxylation sites is 1. The molecule has 2 aromatic rings. The Morgan fingerprint density at radius 2 is 1.73 bits per heavy atom. The highest BCUT2D eigenvalue weighted by Gasteiger charge is 2.30. The predicted octanol–water partition coefficient (Wildman–Crippen LogP) is 2.97. The number of hydrogen-bond acceptors (Lipinski definition) is 4. The Kier molecular flexibility index (Phi) is 7.04. The number of amides is 1. The van der Waals surface area contributed by atoms with E-state index in [4.69, 9.17) is 4.74 Å². The molecule has 1 fully saturated rings. The molecule has 0 atom stereocenters. The minimum atomic E-state index is -3.94. The van der Waals surface area contributed by atoms with Gasteiger partial charge in [-0.1, -0.05) is 18.2 Å². The van der Waals surface area contributed by atoms with Crippen molar-refractivity contribution in [3.63, 3.8) is 0 Å². The molecule has 0 bridgehead atoms. The number of hydrogen-bond donors (Lipinski definition) is 0. The average molecular weight is 438 g/mol. The molecule has 1 heterocycles.